The summed E-state index contributed by atoms with van der Waals surface area (Å²) in [4.78, 5) is 17.0. The molecule has 9 heteroatoms. The number of nitrogens with two attached hydrogens (primary N) is 1. The first kappa shape index (κ1) is 16.7. The molecule has 0 radical (unpaired) electrons. The Morgan fingerprint density at radius 1 is 1.07 bits per heavy atom. The molecule has 0 aliphatic heterocycles. The highest BCUT2D eigenvalue weighted by Gasteiger charge is 2.13. The molecule has 0 saturated heterocycles. The number of anilines is 1. The van der Waals surface area contributed by atoms with Crippen LogP contribution < -0.4 is 15.2 Å². The number of nitrogens with zero attached hydrogens (tertiary/aromatic N) is 6. The molecule has 0 aliphatic carbocycles. The van der Waals surface area contributed by atoms with Gasteiger partial charge in [-0.05, 0) is 17.7 Å². The van der Waals surface area contributed by atoms with Gasteiger partial charge in [-0.15, -0.1) is 0 Å². The maximum Gasteiger partial charge on any atom is 0.187 e. The van der Waals surface area contributed by atoms with E-state index in [0.717, 1.165) is 5.56 Å². The first-order chi connectivity index (χ1) is 13.2. The van der Waals surface area contributed by atoms with Crippen LogP contribution in [-0.2, 0) is 6.54 Å². The summed E-state index contributed by atoms with van der Waals surface area (Å²) >= 11 is 0. The topological polar surface area (TPSA) is 114 Å². The fourth-order valence-electron chi connectivity index (χ4n) is 2.75. The quantitative estimate of drug-likeness (QED) is 0.572. The Kier molecular flexibility index (Phi) is 4.25. The number of hydrogen-bond acceptors (Lipinski definition) is 8. The van der Waals surface area contributed by atoms with Crippen LogP contribution in [-0.4, -0.2) is 43.9 Å². The smallest absolute Gasteiger partial charge is 0.187 e. The minimum atomic E-state index is 0.346. The molecule has 0 amide bonds. The van der Waals surface area contributed by atoms with E-state index in [9.17, 15) is 0 Å². The summed E-state index contributed by atoms with van der Waals surface area (Å²) in [5, 5.41) is 5.20. The van der Waals surface area contributed by atoms with Gasteiger partial charge in [-0.25, -0.2) is 15.0 Å². The molecule has 0 aliphatic rings. The molecule has 9 nitrogen and oxygen atoms in total. The van der Waals surface area contributed by atoms with Gasteiger partial charge in [0.25, 0.3) is 0 Å². The van der Waals surface area contributed by atoms with E-state index in [1.807, 2.05) is 24.4 Å². The van der Waals surface area contributed by atoms with E-state index in [2.05, 4.69) is 25.0 Å². The number of fused-ring (bicyclic) bond motifs is 1. The van der Waals surface area contributed by atoms with Crippen LogP contribution >= 0.6 is 0 Å². The molecule has 136 valence electrons. The summed E-state index contributed by atoms with van der Waals surface area (Å²) < 4.78 is 12.4. The molecular formula is C18H17N7O2. The van der Waals surface area contributed by atoms with E-state index >= 15 is 0 Å². The number of rotatable bonds is 5. The number of aromatic nitrogens is 6. The highest BCUT2D eigenvalue weighted by molar-refractivity contribution is 5.86. The van der Waals surface area contributed by atoms with Crippen LogP contribution in [0, 0.1) is 0 Å². The summed E-state index contributed by atoms with van der Waals surface area (Å²) in [6.07, 6.45) is 6.57. The Morgan fingerprint density at radius 2 is 1.93 bits per heavy atom. The van der Waals surface area contributed by atoms with Crippen molar-refractivity contribution in [3.05, 3.63) is 48.5 Å². The zero-order valence-corrected chi connectivity index (χ0v) is 14.8. The van der Waals surface area contributed by atoms with E-state index in [4.69, 9.17) is 15.2 Å². The molecule has 4 rings (SSSR count). The first-order valence-corrected chi connectivity index (χ1v) is 8.16. The molecule has 0 atom stereocenters. The lowest BCUT2D eigenvalue weighted by atomic mass is 10.2. The minimum absolute atomic E-state index is 0.346. The minimum Gasteiger partial charge on any atom is -0.493 e. The Hall–Kier alpha value is -3.75. The van der Waals surface area contributed by atoms with Crippen molar-refractivity contribution < 1.29 is 9.47 Å². The van der Waals surface area contributed by atoms with Gasteiger partial charge in [-0.1, -0.05) is 6.07 Å². The molecule has 2 N–H and O–H groups in total. The van der Waals surface area contributed by atoms with E-state index in [1.165, 1.54) is 0 Å². The summed E-state index contributed by atoms with van der Waals surface area (Å²) in [7, 11) is 3.21. The molecule has 3 heterocycles. The molecule has 0 bridgehead atoms. The largest absolute Gasteiger partial charge is 0.493 e. The monoisotopic (exact) mass is 363 g/mol. The normalized spacial score (nSPS) is 10.9. The number of hydrogen-bond donors (Lipinski definition) is 1. The maximum absolute atomic E-state index is 6.10. The maximum atomic E-state index is 6.10. The lowest BCUT2D eigenvalue weighted by molar-refractivity contribution is 0.354. The molecule has 0 spiro atoms. The van der Waals surface area contributed by atoms with Gasteiger partial charge >= 0.3 is 0 Å². The second kappa shape index (κ2) is 6.87. The van der Waals surface area contributed by atoms with Crippen LogP contribution in [0.3, 0.4) is 0 Å². The second-order valence-corrected chi connectivity index (χ2v) is 5.78. The zero-order chi connectivity index (χ0) is 18.8. The predicted octanol–water partition coefficient (Wildman–Crippen LogP) is 1.93. The average molecular weight is 363 g/mol. The summed E-state index contributed by atoms with van der Waals surface area (Å²) in [6.45, 7) is 0.524. The lowest BCUT2D eigenvalue weighted by Crippen LogP contribution is -2.01. The van der Waals surface area contributed by atoms with Crippen LogP contribution in [0.2, 0.25) is 0 Å². The van der Waals surface area contributed by atoms with Crippen LogP contribution in [0.4, 0.5) is 5.82 Å². The van der Waals surface area contributed by atoms with E-state index in [1.54, 1.807) is 37.5 Å². The SMILES string of the molecule is COc1ccc(Cn2cc3c(N)nc(-c4cnccn4)nc3n2)cc1OC. The zero-order valence-electron chi connectivity index (χ0n) is 14.8. The molecule has 0 unspecified atom stereocenters. The average Bonchev–Trinajstić information content (AvgIpc) is 3.11. The molecular weight excluding hydrogens is 346 g/mol. The van der Waals surface area contributed by atoms with Crippen LogP contribution in [0.5, 0.6) is 11.5 Å². The van der Waals surface area contributed by atoms with Crippen molar-refractivity contribution in [3.63, 3.8) is 0 Å². The second-order valence-electron chi connectivity index (χ2n) is 5.78. The van der Waals surface area contributed by atoms with Gasteiger partial charge in [0.15, 0.2) is 23.0 Å². The summed E-state index contributed by atoms with van der Waals surface area (Å²) in [5.74, 6) is 2.08. The predicted molar refractivity (Wildman–Crippen MR) is 99.4 cm³/mol. The van der Waals surface area contributed by atoms with Gasteiger partial charge in [0.2, 0.25) is 0 Å². The third-order valence-electron chi connectivity index (χ3n) is 4.04. The van der Waals surface area contributed by atoms with Crippen molar-refractivity contribution >= 4 is 16.9 Å². The van der Waals surface area contributed by atoms with Gasteiger partial charge < -0.3 is 15.2 Å². The van der Waals surface area contributed by atoms with Crippen molar-refractivity contribution in [2.75, 3.05) is 20.0 Å². The summed E-state index contributed by atoms with van der Waals surface area (Å²) in [5.41, 5.74) is 8.14. The molecule has 0 saturated carbocycles. The Morgan fingerprint density at radius 3 is 2.67 bits per heavy atom. The summed E-state index contributed by atoms with van der Waals surface area (Å²) in [6, 6.07) is 5.72. The van der Waals surface area contributed by atoms with Crippen LogP contribution in [0.1, 0.15) is 5.56 Å². The molecule has 4 aromatic rings. The number of benzene rings is 1. The Bertz CT molecular complexity index is 1100. The molecule has 0 fully saturated rings. The number of methoxy groups -OCH3 is 2. The van der Waals surface area contributed by atoms with Crippen LogP contribution in [0.25, 0.3) is 22.6 Å². The van der Waals surface area contributed by atoms with Gasteiger partial charge in [0.05, 0.1) is 32.3 Å². The van der Waals surface area contributed by atoms with Gasteiger partial charge in [0, 0.05) is 18.6 Å². The first-order valence-electron chi connectivity index (χ1n) is 8.16. The number of ether oxygens (including phenoxy) is 2. The fourth-order valence-corrected chi connectivity index (χ4v) is 2.75. The standard InChI is InChI=1S/C18H17N7O2/c1-26-14-4-3-11(7-15(14)27-2)9-25-10-12-16(19)22-18(23-17(12)24-25)13-8-20-5-6-21-13/h3-8,10H,9H2,1-2H3,(H2,19,22,23,24). The van der Waals surface area contributed by atoms with Crippen LogP contribution in [0.15, 0.2) is 43.0 Å². The number of nitrogen functional groups attached to an aromatic ring is 1. The van der Waals surface area contributed by atoms with E-state index in [-0.39, 0.29) is 0 Å². The van der Waals surface area contributed by atoms with Crippen molar-refractivity contribution in [3.8, 4) is 23.0 Å². The molecule has 27 heavy (non-hydrogen) atoms. The van der Waals surface area contributed by atoms with Crippen molar-refractivity contribution in [2.24, 2.45) is 0 Å². The van der Waals surface area contributed by atoms with Crippen molar-refractivity contribution in [1.29, 1.82) is 0 Å². The van der Waals surface area contributed by atoms with Crippen molar-refractivity contribution in [2.45, 2.75) is 6.54 Å². The highest BCUT2D eigenvalue weighted by Crippen LogP contribution is 2.28. The van der Waals surface area contributed by atoms with Gasteiger partial charge in [-0.2, -0.15) is 5.10 Å². The van der Waals surface area contributed by atoms with Gasteiger partial charge in [-0.3, -0.25) is 9.67 Å². The Balaban J connectivity index is 1.69. The van der Waals surface area contributed by atoms with Gasteiger partial charge in [0.1, 0.15) is 11.5 Å². The lowest BCUT2D eigenvalue weighted by Gasteiger charge is -2.09. The third-order valence-corrected chi connectivity index (χ3v) is 4.04. The van der Waals surface area contributed by atoms with E-state index < -0.39 is 0 Å². The highest BCUT2D eigenvalue weighted by atomic mass is 16.5. The molecule has 1 aromatic carbocycles. The Labute approximate surface area is 154 Å². The molecule has 3 aromatic heterocycles. The fraction of sp³-hybridized carbons (Fsp3) is 0.167. The van der Waals surface area contributed by atoms with E-state index in [0.29, 0.717) is 46.4 Å². The van der Waals surface area contributed by atoms with Crippen molar-refractivity contribution in [1.82, 2.24) is 29.7 Å². The third kappa shape index (κ3) is 3.22.